The first-order valence-electron chi connectivity index (χ1n) is 6.59. The van der Waals surface area contributed by atoms with Crippen molar-refractivity contribution in [2.24, 2.45) is 11.1 Å². The van der Waals surface area contributed by atoms with Crippen molar-refractivity contribution in [3.63, 3.8) is 0 Å². The molecule has 0 unspecified atom stereocenters. The van der Waals surface area contributed by atoms with Crippen LogP contribution in [0.5, 0.6) is 0 Å². The Labute approximate surface area is 99.0 Å². The molecule has 0 spiro atoms. The fourth-order valence-electron chi connectivity index (χ4n) is 3.11. The Morgan fingerprint density at radius 1 is 1.00 bits per heavy atom. The predicted molar refractivity (Wildman–Crippen MR) is 69.3 cm³/mol. The van der Waals surface area contributed by atoms with E-state index in [1.165, 1.54) is 50.5 Å². The molecule has 2 rings (SSSR count). The van der Waals surface area contributed by atoms with Gasteiger partial charge < -0.3 is 5.73 Å². The van der Waals surface area contributed by atoms with Crippen molar-refractivity contribution in [2.75, 3.05) is 6.54 Å². The third-order valence-corrected chi connectivity index (χ3v) is 4.13. The van der Waals surface area contributed by atoms with Crippen molar-refractivity contribution < 1.29 is 0 Å². The second-order valence-corrected chi connectivity index (χ2v) is 5.23. The topological polar surface area (TPSA) is 26.0 Å². The van der Waals surface area contributed by atoms with E-state index in [0.29, 0.717) is 5.41 Å². The molecule has 88 valence electrons. The van der Waals surface area contributed by atoms with Crippen molar-refractivity contribution in [3.05, 3.63) is 35.9 Å². The second kappa shape index (κ2) is 5.49. The van der Waals surface area contributed by atoms with Gasteiger partial charge in [0.15, 0.2) is 0 Å². The van der Waals surface area contributed by atoms with Crippen LogP contribution in [0.2, 0.25) is 0 Å². The van der Waals surface area contributed by atoms with Crippen LogP contribution in [-0.2, 0) is 6.42 Å². The molecule has 0 bridgehead atoms. The third kappa shape index (κ3) is 2.85. The maximum Gasteiger partial charge on any atom is -0.00720 e. The van der Waals surface area contributed by atoms with E-state index in [4.69, 9.17) is 5.73 Å². The van der Waals surface area contributed by atoms with Crippen LogP contribution in [0.25, 0.3) is 0 Å². The molecule has 0 aromatic heterocycles. The first-order chi connectivity index (χ1) is 7.85. The summed E-state index contributed by atoms with van der Waals surface area (Å²) in [5, 5.41) is 0. The molecule has 0 aliphatic heterocycles. The molecule has 0 heterocycles. The smallest absolute Gasteiger partial charge is 0.00720 e. The van der Waals surface area contributed by atoms with Gasteiger partial charge in [-0.25, -0.2) is 0 Å². The Balaban J connectivity index is 1.92. The van der Waals surface area contributed by atoms with Crippen LogP contribution >= 0.6 is 0 Å². The minimum absolute atomic E-state index is 0.574. The van der Waals surface area contributed by atoms with E-state index in [2.05, 4.69) is 30.3 Å². The molecule has 0 amide bonds. The van der Waals surface area contributed by atoms with Gasteiger partial charge in [-0.1, -0.05) is 43.2 Å². The van der Waals surface area contributed by atoms with E-state index in [-0.39, 0.29) is 0 Å². The average molecular weight is 217 g/mol. The maximum absolute atomic E-state index is 5.76. The molecule has 0 atom stereocenters. The Hall–Kier alpha value is -0.820. The Bertz CT molecular complexity index is 298. The van der Waals surface area contributed by atoms with Gasteiger partial charge >= 0.3 is 0 Å². The summed E-state index contributed by atoms with van der Waals surface area (Å²) in [5.74, 6) is 0. The molecule has 1 heteroatoms. The lowest BCUT2D eigenvalue weighted by Gasteiger charge is -2.28. The molecular weight excluding hydrogens is 194 g/mol. The zero-order valence-corrected chi connectivity index (χ0v) is 10.1. The average Bonchev–Trinajstić information content (AvgIpc) is 2.78. The van der Waals surface area contributed by atoms with Crippen LogP contribution in [0, 0.1) is 5.41 Å². The third-order valence-electron chi connectivity index (χ3n) is 4.13. The fourth-order valence-corrected chi connectivity index (χ4v) is 3.11. The van der Waals surface area contributed by atoms with Gasteiger partial charge in [0.2, 0.25) is 0 Å². The second-order valence-electron chi connectivity index (χ2n) is 5.23. The van der Waals surface area contributed by atoms with Gasteiger partial charge in [-0.3, -0.25) is 0 Å². The van der Waals surface area contributed by atoms with E-state index in [0.717, 1.165) is 6.54 Å². The highest BCUT2D eigenvalue weighted by atomic mass is 14.5. The molecule has 1 nitrogen and oxygen atoms in total. The van der Waals surface area contributed by atoms with Crippen molar-refractivity contribution in [3.8, 4) is 0 Å². The quantitative estimate of drug-likeness (QED) is 0.802. The summed E-state index contributed by atoms with van der Waals surface area (Å²) in [4.78, 5) is 0. The molecule has 1 aliphatic rings. The molecule has 0 radical (unpaired) electrons. The lowest BCUT2D eigenvalue weighted by Crippen LogP contribution is -2.21. The molecule has 1 aromatic carbocycles. The lowest BCUT2D eigenvalue weighted by atomic mass is 9.78. The summed E-state index contributed by atoms with van der Waals surface area (Å²) in [6.07, 6.45) is 9.40. The monoisotopic (exact) mass is 217 g/mol. The standard InChI is InChI=1S/C15H23N/c16-13-12-15(9-4-5-10-15)11-8-14-6-2-1-3-7-14/h1-3,6-7H,4-5,8-13,16H2. The van der Waals surface area contributed by atoms with Crippen molar-refractivity contribution in [2.45, 2.75) is 44.9 Å². The maximum atomic E-state index is 5.76. The summed E-state index contributed by atoms with van der Waals surface area (Å²) in [6.45, 7) is 0.856. The van der Waals surface area contributed by atoms with Crippen LogP contribution < -0.4 is 5.73 Å². The highest BCUT2D eigenvalue weighted by Gasteiger charge is 2.32. The normalized spacial score (nSPS) is 18.8. The number of aryl methyl sites for hydroxylation is 1. The Morgan fingerprint density at radius 3 is 2.31 bits per heavy atom. The molecule has 1 aliphatic carbocycles. The predicted octanol–water partition coefficient (Wildman–Crippen LogP) is 3.53. The summed E-state index contributed by atoms with van der Waals surface area (Å²) in [7, 11) is 0. The highest BCUT2D eigenvalue weighted by molar-refractivity contribution is 5.15. The molecule has 1 saturated carbocycles. The number of hydrogen-bond acceptors (Lipinski definition) is 1. The fraction of sp³-hybridized carbons (Fsp3) is 0.600. The van der Waals surface area contributed by atoms with Gasteiger partial charge in [0, 0.05) is 0 Å². The van der Waals surface area contributed by atoms with Gasteiger partial charge in [-0.2, -0.15) is 0 Å². The van der Waals surface area contributed by atoms with E-state index >= 15 is 0 Å². The van der Waals surface area contributed by atoms with Crippen LogP contribution in [0.3, 0.4) is 0 Å². The first kappa shape index (κ1) is 11.7. The molecular formula is C15H23N. The summed E-state index contributed by atoms with van der Waals surface area (Å²) >= 11 is 0. The number of hydrogen-bond donors (Lipinski definition) is 1. The molecule has 16 heavy (non-hydrogen) atoms. The zero-order valence-electron chi connectivity index (χ0n) is 10.1. The molecule has 1 aromatic rings. The van der Waals surface area contributed by atoms with Gasteiger partial charge in [-0.05, 0) is 49.6 Å². The minimum atomic E-state index is 0.574. The lowest BCUT2D eigenvalue weighted by molar-refractivity contribution is 0.253. The van der Waals surface area contributed by atoms with Crippen LogP contribution in [0.15, 0.2) is 30.3 Å². The number of rotatable bonds is 5. The van der Waals surface area contributed by atoms with Crippen LogP contribution in [0.1, 0.15) is 44.1 Å². The number of nitrogens with two attached hydrogens (primary N) is 1. The Morgan fingerprint density at radius 2 is 1.69 bits per heavy atom. The SMILES string of the molecule is NCCC1(CCc2ccccc2)CCCC1. The number of benzene rings is 1. The van der Waals surface area contributed by atoms with E-state index in [1.807, 2.05) is 0 Å². The van der Waals surface area contributed by atoms with Gasteiger partial charge in [-0.15, -0.1) is 0 Å². The first-order valence-corrected chi connectivity index (χ1v) is 6.59. The van der Waals surface area contributed by atoms with Crippen molar-refractivity contribution >= 4 is 0 Å². The molecule has 2 N–H and O–H groups in total. The zero-order chi connectivity index (χ0) is 11.3. The van der Waals surface area contributed by atoms with Gasteiger partial charge in [0.1, 0.15) is 0 Å². The summed E-state index contributed by atoms with van der Waals surface area (Å²) < 4.78 is 0. The minimum Gasteiger partial charge on any atom is -0.330 e. The highest BCUT2D eigenvalue weighted by Crippen LogP contribution is 2.44. The van der Waals surface area contributed by atoms with Crippen molar-refractivity contribution in [1.82, 2.24) is 0 Å². The largest absolute Gasteiger partial charge is 0.330 e. The van der Waals surface area contributed by atoms with E-state index < -0.39 is 0 Å². The van der Waals surface area contributed by atoms with E-state index in [1.54, 1.807) is 0 Å². The Kier molecular flexibility index (Phi) is 4.00. The van der Waals surface area contributed by atoms with Gasteiger partial charge in [0.25, 0.3) is 0 Å². The summed E-state index contributed by atoms with van der Waals surface area (Å²) in [5.41, 5.74) is 7.81. The molecule has 1 fully saturated rings. The van der Waals surface area contributed by atoms with Crippen LogP contribution in [-0.4, -0.2) is 6.54 Å². The molecule has 0 saturated heterocycles. The summed E-state index contributed by atoms with van der Waals surface area (Å²) in [6, 6.07) is 10.9. The van der Waals surface area contributed by atoms with E-state index in [9.17, 15) is 0 Å². The van der Waals surface area contributed by atoms with Gasteiger partial charge in [0.05, 0.1) is 0 Å². The van der Waals surface area contributed by atoms with Crippen molar-refractivity contribution in [1.29, 1.82) is 0 Å². The van der Waals surface area contributed by atoms with Crippen LogP contribution in [0.4, 0.5) is 0 Å².